The van der Waals surface area contributed by atoms with E-state index in [-0.39, 0.29) is 24.6 Å². The van der Waals surface area contributed by atoms with Gasteiger partial charge in [-0.15, -0.1) is 22.7 Å². The number of hydrogen-bond donors (Lipinski definition) is 2. The molecule has 2 amide bonds. The minimum Gasteiger partial charge on any atom is -0.345 e. The molecule has 0 bridgehead atoms. The normalized spacial score (nSPS) is 11.0. The summed E-state index contributed by atoms with van der Waals surface area (Å²) in [5, 5.41) is 7.88. The van der Waals surface area contributed by atoms with E-state index in [9.17, 15) is 14.4 Å². The van der Waals surface area contributed by atoms with Gasteiger partial charge < -0.3 is 10.6 Å². The van der Waals surface area contributed by atoms with Crippen LogP contribution in [0.3, 0.4) is 0 Å². The Bertz CT molecular complexity index is 1410. The number of benzene rings is 1. The van der Waals surface area contributed by atoms with E-state index >= 15 is 0 Å². The maximum absolute atomic E-state index is 13.1. The van der Waals surface area contributed by atoms with Crippen LogP contribution in [0.15, 0.2) is 40.8 Å². The van der Waals surface area contributed by atoms with Crippen molar-refractivity contribution in [3.05, 3.63) is 67.9 Å². The zero-order valence-electron chi connectivity index (χ0n) is 18.8. The number of fused-ring (bicyclic) bond motifs is 1. The van der Waals surface area contributed by atoms with Crippen LogP contribution >= 0.6 is 22.7 Å². The van der Waals surface area contributed by atoms with Gasteiger partial charge in [0.15, 0.2) is 0 Å². The minimum absolute atomic E-state index is 0.186. The van der Waals surface area contributed by atoms with Crippen molar-refractivity contribution in [1.29, 1.82) is 0 Å². The van der Waals surface area contributed by atoms with Crippen molar-refractivity contribution in [3.63, 3.8) is 0 Å². The van der Waals surface area contributed by atoms with Gasteiger partial charge in [0.1, 0.15) is 11.4 Å². The van der Waals surface area contributed by atoms with Crippen LogP contribution in [-0.2, 0) is 16.1 Å². The fourth-order valence-electron chi connectivity index (χ4n) is 3.79. The molecular weight excluding hydrogens is 456 g/mol. The van der Waals surface area contributed by atoms with Crippen molar-refractivity contribution >= 4 is 50.4 Å². The predicted octanol–water partition coefficient (Wildman–Crippen LogP) is 4.18. The molecule has 0 atom stereocenters. The molecule has 4 rings (SSSR count). The van der Waals surface area contributed by atoms with Crippen molar-refractivity contribution in [1.82, 2.24) is 14.9 Å². The van der Waals surface area contributed by atoms with Crippen LogP contribution in [-0.4, -0.2) is 27.9 Å². The average Bonchev–Trinajstić information content (AvgIpc) is 3.37. The van der Waals surface area contributed by atoms with E-state index < -0.39 is 5.91 Å². The number of amides is 2. The highest BCUT2D eigenvalue weighted by Crippen LogP contribution is 2.34. The second-order valence-electron chi connectivity index (χ2n) is 8.02. The van der Waals surface area contributed by atoms with Gasteiger partial charge in [-0.3, -0.25) is 19.0 Å². The van der Waals surface area contributed by atoms with Crippen LogP contribution in [0.25, 0.3) is 20.7 Å². The lowest BCUT2D eigenvalue weighted by atomic mass is 10.1. The molecule has 0 radical (unpaired) electrons. The molecule has 2 N–H and O–H groups in total. The van der Waals surface area contributed by atoms with Crippen LogP contribution in [0.1, 0.15) is 21.6 Å². The summed E-state index contributed by atoms with van der Waals surface area (Å²) in [4.78, 5) is 45.1. The molecule has 0 aliphatic carbocycles. The van der Waals surface area contributed by atoms with Crippen molar-refractivity contribution < 1.29 is 9.59 Å². The number of thiophene rings is 2. The molecule has 0 unspecified atom stereocenters. The second-order valence-corrected chi connectivity index (χ2v) is 10.2. The monoisotopic (exact) mass is 480 g/mol. The quantitative estimate of drug-likeness (QED) is 0.433. The van der Waals surface area contributed by atoms with E-state index in [1.807, 2.05) is 57.3 Å². The number of anilines is 1. The van der Waals surface area contributed by atoms with Gasteiger partial charge in [-0.25, -0.2) is 4.98 Å². The molecule has 170 valence electrons. The number of nitrogens with one attached hydrogen (secondary N) is 2. The Morgan fingerprint density at radius 2 is 1.79 bits per heavy atom. The Morgan fingerprint density at radius 1 is 1.06 bits per heavy atom. The summed E-state index contributed by atoms with van der Waals surface area (Å²) in [5.41, 5.74) is 4.36. The van der Waals surface area contributed by atoms with Crippen LogP contribution in [0.5, 0.6) is 0 Å². The maximum atomic E-state index is 13.1. The van der Waals surface area contributed by atoms with E-state index in [1.165, 1.54) is 22.2 Å². The molecule has 4 aromatic rings. The topological polar surface area (TPSA) is 93.1 Å². The molecule has 33 heavy (non-hydrogen) atoms. The third-order valence-corrected chi connectivity index (χ3v) is 7.19. The largest absolute Gasteiger partial charge is 0.345 e. The molecule has 0 saturated carbocycles. The molecule has 3 aromatic heterocycles. The van der Waals surface area contributed by atoms with Gasteiger partial charge in [0.25, 0.3) is 5.56 Å². The average molecular weight is 481 g/mol. The lowest BCUT2D eigenvalue weighted by Crippen LogP contribution is -2.37. The molecular formula is C24H24N4O3S2. The summed E-state index contributed by atoms with van der Waals surface area (Å²) >= 11 is 3.02. The summed E-state index contributed by atoms with van der Waals surface area (Å²) in [6, 6.07) is 7.98. The molecule has 9 heteroatoms. The maximum Gasteiger partial charge on any atom is 0.263 e. The van der Waals surface area contributed by atoms with Crippen molar-refractivity contribution in [3.8, 4) is 10.4 Å². The summed E-state index contributed by atoms with van der Waals surface area (Å²) < 4.78 is 1.28. The highest BCUT2D eigenvalue weighted by molar-refractivity contribution is 7.19. The SMILES string of the molecule is Cc1cc(C)c(NC(=O)CNC(=O)Cn2cnc3scc(-c4ccc(C)s4)c3c2=O)c(C)c1. The number of rotatable bonds is 6. The van der Waals surface area contributed by atoms with E-state index in [1.54, 1.807) is 11.3 Å². The highest BCUT2D eigenvalue weighted by Gasteiger charge is 2.16. The Hall–Kier alpha value is -3.30. The zero-order valence-corrected chi connectivity index (χ0v) is 20.4. The highest BCUT2D eigenvalue weighted by atomic mass is 32.1. The number of hydrogen-bond acceptors (Lipinski definition) is 6. The molecule has 0 saturated heterocycles. The van der Waals surface area contributed by atoms with Crippen molar-refractivity contribution in [2.75, 3.05) is 11.9 Å². The molecule has 3 heterocycles. The lowest BCUT2D eigenvalue weighted by molar-refractivity contribution is -0.124. The number of carbonyl (C=O) groups excluding carboxylic acids is 2. The minimum atomic E-state index is -0.436. The van der Waals surface area contributed by atoms with Crippen molar-refractivity contribution in [2.45, 2.75) is 34.2 Å². The second kappa shape index (κ2) is 9.29. The van der Waals surface area contributed by atoms with Gasteiger partial charge >= 0.3 is 0 Å². The summed E-state index contributed by atoms with van der Waals surface area (Å²) in [7, 11) is 0. The number of aryl methyl sites for hydroxylation is 4. The number of carbonyl (C=O) groups is 2. The first kappa shape index (κ1) is 22.9. The van der Waals surface area contributed by atoms with Gasteiger partial charge in [0.05, 0.1) is 18.3 Å². The third kappa shape index (κ3) is 4.89. The van der Waals surface area contributed by atoms with Gasteiger partial charge in [0.2, 0.25) is 11.8 Å². The first-order valence-corrected chi connectivity index (χ1v) is 12.1. The molecule has 0 fully saturated rings. The van der Waals surface area contributed by atoms with Crippen LogP contribution < -0.4 is 16.2 Å². The van der Waals surface area contributed by atoms with E-state index in [2.05, 4.69) is 15.6 Å². The van der Waals surface area contributed by atoms with E-state index in [4.69, 9.17) is 0 Å². The number of aromatic nitrogens is 2. The Morgan fingerprint density at radius 3 is 2.45 bits per heavy atom. The van der Waals surface area contributed by atoms with Crippen LogP contribution in [0.2, 0.25) is 0 Å². The van der Waals surface area contributed by atoms with Crippen LogP contribution in [0, 0.1) is 27.7 Å². The first-order valence-electron chi connectivity index (χ1n) is 10.4. The Kier molecular flexibility index (Phi) is 6.44. The molecule has 1 aromatic carbocycles. The van der Waals surface area contributed by atoms with Gasteiger partial charge in [-0.05, 0) is 51.0 Å². The Labute approximate surface area is 199 Å². The summed E-state index contributed by atoms with van der Waals surface area (Å²) in [6.45, 7) is 7.48. The van der Waals surface area contributed by atoms with E-state index in [0.717, 1.165) is 37.7 Å². The third-order valence-electron chi connectivity index (χ3n) is 5.27. The molecule has 7 nitrogen and oxygen atoms in total. The van der Waals surface area contributed by atoms with Crippen molar-refractivity contribution in [2.24, 2.45) is 0 Å². The van der Waals surface area contributed by atoms with Gasteiger partial charge in [-0.2, -0.15) is 0 Å². The summed E-state index contributed by atoms with van der Waals surface area (Å²) in [5.74, 6) is -0.762. The molecule has 0 aliphatic rings. The summed E-state index contributed by atoms with van der Waals surface area (Å²) in [6.07, 6.45) is 1.38. The van der Waals surface area contributed by atoms with Crippen LogP contribution in [0.4, 0.5) is 5.69 Å². The number of nitrogens with zero attached hydrogens (tertiary/aromatic N) is 2. The smallest absolute Gasteiger partial charge is 0.263 e. The first-order chi connectivity index (χ1) is 15.7. The molecule has 0 aliphatic heterocycles. The fraction of sp³-hybridized carbons (Fsp3) is 0.250. The van der Waals surface area contributed by atoms with E-state index in [0.29, 0.717) is 10.2 Å². The zero-order chi connectivity index (χ0) is 23.7. The lowest BCUT2D eigenvalue weighted by Gasteiger charge is -2.13. The Balaban J connectivity index is 1.44. The standard InChI is InChI=1S/C24H24N4O3S2/c1-13-7-14(2)22(15(3)8-13)27-19(29)9-25-20(30)10-28-12-26-23-21(24(28)31)17(11-32-23)18-6-5-16(4)33-18/h5-8,11-12H,9-10H2,1-4H3,(H,25,30)(H,27,29). The fourth-order valence-corrected chi connectivity index (χ4v) is 5.65. The van der Waals surface area contributed by atoms with Gasteiger partial charge in [-0.1, -0.05) is 17.7 Å². The van der Waals surface area contributed by atoms with Gasteiger partial charge in [0, 0.05) is 26.4 Å². The molecule has 0 spiro atoms. The predicted molar refractivity (Wildman–Crippen MR) is 134 cm³/mol.